The highest BCUT2D eigenvalue weighted by Crippen LogP contribution is 2.28. The van der Waals surface area contributed by atoms with Gasteiger partial charge in [-0.1, -0.05) is 12.1 Å². The van der Waals surface area contributed by atoms with E-state index in [1.165, 1.54) is 4.90 Å². The molecule has 0 bridgehead atoms. The van der Waals surface area contributed by atoms with Gasteiger partial charge in [-0.05, 0) is 55.9 Å². The number of ether oxygens (including phenoxy) is 1. The summed E-state index contributed by atoms with van der Waals surface area (Å²) < 4.78 is 10.9. The minimum atomic E-state index is -0.501. The number of nitrogens with two attached hydrogens (primary N) is 1. The average Bonchev–Trinajstić information content (AvgIpc) is 2.67. The Morgan fingerprint density at radius 3 is 2.50 bits per heavy atom. The normalized spacial score (nSPS) is 11.1. The number of carbonyl (C=O) groups is 1. The standard InChI is InChI=1S/C23H27N3O4/c1-14-15(7-6-8-20(14)24)11-18-19(13-25(2)3)17-10-9-16(29-23(28)26(4)5)12-21(17)30-22(18)27/h6-10,12H,11,13,24H2,1-5H3. The van der Waals surface area contributed by atoms with Crippen LogP contribution in [0, 0.1) is 6.92 Å². The van der Waals surface area contributed by atoms with Crippen LogP contribution < -0.4 is 16.1 Å². The van der Waals surface area contributed by atoms with Gasteiger partial charge in [-0.3, -0.25) is 0 Å². The Balaban J connectivity index is 2.13. The van der Waals surface area contributed by atoms with Crippen molar-refractivity contribution >= 4 is 22.7 Å². The van der Waals surface area contributed by atoms with Gasteiger partial charge in [0.25, 0.3) is 0 Å². The quantitative estimate of drug-likeness (QED) is 0.513. The lowest BCUT2D eigenvalue weighted by molar-refractivity contribution is 0.172. The van der Waals surface area contributed by atoms with Crippen molar-refractivity contribution in [1.82, 2.24) is 9.80 Å². The van der Waals surface area contributed by atoms with Crippen LogP contribution in [0.4, 0.5) is 10.5 Å². The Morgan fingerprint density at radius 1 is 1.10 bits per heavy atom. The van der Waals surface area contributed by atoms with E-state index in [9.17, 15) is 9.59 Å². The highest BCUT2D eigenvalue weighted by molar-refractivity contribution is 5.83. The summed E-state index contributed by atoms with van der Waals surface area (Å²) in [6.07, 6.45) is -0.0747. The minimum absolute atomic E-state index is 0.319. The highest BCUT2D eigenvalue weighted by Gasteiger charge is 2.18. The van der Waals surface area contributed by atoms with Crippen LogP contribution in [0.15, 0.2) is 45.6 Å². The molecule has 0 fully saturated rings. The lowest BCUT2D eigenvalue weighted by Crippen LogP contribution is -2.25. The fourth-order valence-corrected chi connectivity index (χ4v) is 3.30. The zero-order valence-electron chi connectivity index (χ0n) is 18.0. The summed E-state index contributed by atoms with van der Waals surface area (Å²) in [7, 11) is 7.10. The first kappa shape index (κ1) is 21.4. The SMILES string of the molecule is Cc1c(N)cccc1Cc1c(CN(C)C)c2ccc(OC(=O)N(C)C)cc2oc1=O. The molecule has 0 saturated heterocycles. The number of carbonyl (C=O) groups excluding carboxylic acids is 1. The molecule has 0 aliphatic heterocycles. The minimum Gasteiger partial charge on any atom is -0.422 e. The van der Waals surface area contributed by atoms with Crippen LogP contribution in [0.2, 0.25) is 0 Å². The average molecular weight is 409 g/mol. The number of rotatable bonds is 5. The summed E-state index contributed by atoms with van der Waals surface area (Å²) >= 11 is 0. The van der Waals surface area contributed by atoms with Crippen molar-refractivity contribution in [2.75, 3.05) is 33.9 Å². The molecule has 7 heteroatoms. The van der Waals surface area contributed by atoms with Gasteiger partial charge in [0.2, 0.25) is 0 Å². The Kier molecular flexibility index (Phi) is 6.12. The van der Waals surface area contributed by atoms with Gasteiger partial charge >= 0.3 is 11.7 Å². The number of hydrogen-bond donors (Lipinski definition) is 1. The second kappa shape index (κ2) is 8.59. The maximum atomic E-state index is 12.9. The van der Waals surface area contributed by atoms with Gasteiger partial charge in [-0.2, -0.15) is 0 Å². The fourth-order valence-electron chi connectivity index (χ4n) is 3.30. The molecular formula is C23H27N3O4. The first-order valence-electron chi connectivity index (χ1n) is 9.63. The van der Waals surface area contributed by atoms with Gasteiger partial charge in [0.1, 0.15) is 11.3 Å². The molecule has 0 unspecified atom stereocenters. The molecule has 0 atom stereocenters. The molecule has 158 valence electrons. The van der Waals surface area contributed by atoms with Crippen molar-refractivity contribution in [1.29, 1.82) is 0 Å². The van der Waals surface area contributed by atoms with E-state index in [2.05, 4.69) is 0 Å². The number of nitrogen functional groups attached to an aromatic ring is 1. The maximum Gasteiger partial charge on any atom is 0.414 e. The number of anilines is 1. The van der Waals surface area contributed by atoms with Crippen molar-refractivity contribution < 1.29 is 13.9 Å². The van der Waals surface area contributed by atoms with E-state index in [-0.39, 0.29) is 0 Å². The van der Waals surface area contributed by atoms with E-state index < -0.39 is 11.7 Å². The van der Waals surface area contributed by atoms with Crippen LogP contribution in [0.25, 0.3) is 11.0 Å². The summed E-state index contributed by atoms with van der Waals surface area (Å²) in [4.78, 5) is 28.1. The second-order valence-electron chi connectivity index (χ2n) is 7.81. The van der Waals surface area contributed by atoms with Crippen LogP contribution in [-0.2, 0) is 13.0 Å². The van der Waals surface area contributed by atoms with Crippen LogP contribution in [-0.4, -0.2) is 44.1 Å². The van der Waals surface area contributed by atoms with Crippen LogP contribution >= 0.6 is 0 Å². The molecule has 0 spiro atoms. The van der Waals surface area contributed by atoms with E-state index in [1.807, 2.05) is 50.2 Å². The Labute approximate surface area is 175 Å². The molecule has 1 heterocycles. The summed E-state index contributed by atoms with van der Waals surface area (Å²) in [5, 5.41) is 0.810. The third-order valence-corrected chi connectivity index (χ3v) is 4.99. The zero-order chi connectivity index (χ0) is 22.0. The predicted molar refractivity (Wildman–Crippen MR) is 118 cm³/mol. The van der Waals surface area contributed by atoms with E-state index in [0.717, 1.165) is 22.1 Å². The van der Waals surface area contributed by atoms with Crippen LogP contribution in [0.1, 0.15) is 22.3 Å². The predicted octanol–water partition coefficient (Wildman–Crippen LogP) is 3.40. The van der Waals surface area contributed by atoms with Gasteiger partial charge in [0.15, 0.2) is 0 Å². The Morgan fingerprint density at radius 2 is 1.83 bits per heavy atom. The van der Waals surface area contributed by atoms with E-state index in [1.54, 1.807) is 26.2 Å². The Hall–Kier alpha value is -3.32. The number of amides is 1. The van der Waals surface area contributed by atoms with E-state index in [0.29, 0.717) is 35.5 Å². The topological polar surface area (TPSA) is 89.0 Å². The first-order valence-corrected chi connectivity index (χ1v) is 9.63. The van der Waals surface area contributed by atoms with Crippen molar-refractivity contribution in [3.63, 3.8) is 0 Å². The lowest BCUT2D eigenvalue weighted by atomic mass is 9.95. The second-order valence-corrected chi connectivity index (χ2v) is 7.81. The van der Waals surface area contributed by atoms with E-state index >= 15 is 0 Å². The summed E-state index contributed by atoms with van der Waals surface area (Å²) in [6, 6.07) is 10.8. The number of hydrogen-bond acceptors (Lipinski definition) is 6. The highest BCUT2D eigenvalue weighted by atomic mass is 16.6. The van der Waals surface area contributed by atoms with Crippen molar-refractivity contribution in [2.24, 2.45) is 0 Å². The molecular weight excluding hydrogens is 382 g/mol. The zero-order valence-corrected chi connectivity index (χ0v) is 18.0. The van der Waals surface area contributed by atoms with Crippen LogP contribution in [0.3, 0.4) is 0 Å². The van der Waals surface area contributed by atoms with Gasteiger partial charge in [-0.25, -0.2) is 9.59 Å². The summed E-state index contributed by atoms with van der Waals surface area (Å²) in [5.74, 6) is 0.319. The maximum absolute atomic E-state index is 12.9. The molecule has 0 saturated carbocycles. The van der Waals surface area contributed by atoms with Crippen molar-refractivity contribution in [2.45, 2.75) is 19.9 Å². The van der Waals surface area contributed by atoms with Gasteiger partial charge in [0, 0.05) is 49.8 Å². The molecule has 7 nitrogen and oxygen atoms in total. The molecule has 3 aromatic rings. The third-order valence-electron chi connectivity index (χ3n) is 4.99. The first-order chi connectivity index (χ1) is 14.2. The monoisotopic (exact) mass is 409 g/mol. The third kappa shape index (κ3) is 4.46. The van der Waals surface area contributed by atoms with E-state index in [4.69, 9.17) is 14.9 Å². The molecule has 2 aromatic carbocycles. The number of nitrogens with zero attached hydrogens (tertiary/aromatic N) is 2. The Bertz CT molecular complexity index is 1150. The van der Waals surface area contributed by atoms with Gasteiger partial charge < -0.3 is 24.7 Å². The molecule has 0 aliphatic rings. The van der Waals surface area contributed by atoms with Gasteiger partial charge in [-0.15, -0.1) is 0 Å². The molecule has 1 amide bonds. The molecule has 30 heavy (non-hydrogen) atoms. The largest absolute Gasteiger partial charge is 0.422 e. The van der Waals surface area contributed by atoms with Crippen molar-refractivity contribution in [3.8, 4) is 5.75 Å². The summed E-state index contributed by atoms with van der Waals surface area (Å²) in [6.45, 7) is 2.51. The molecule has 0 aliphatic carbocycles. The fraction of sp³-hybridized carbons (Fsp3) is 0.304. The molecule has 3 rings (SSSR count). The number of fused-ring (bicyclic) bond motifs is 1. The smallest absolute Gasteiger partial charge is 0.414 e. The molecule has 2 N–H and O–H groups in total. The molecule has 0 radical (unpaired) electrons. The van der Waals surface area contributed by atoms with Crippen LogP contribution in [0.5, 0.6) is 5.75 Å². The van der Waals surface area contributed by atoms with Crippen molar-refractivity contribution in [3.05, 3.63) is 69.1 Å². The van der Waals surface area contributed by atoms with Gasteiger partial charge in [0.05, 0.1) is 0 Å². The lowest BCUT2D eigenvalue weighted by Gasteiger charge is -2.17. The molecule has 1 aromatic heterocycles. The number of benzene rings is 2. The summed E-state index contributed by atoms with van der Waals surface area (Å²) in [5.41, 5.74) is 10.1.